The molecule has 0 aliphatic heterocycles. The summed E-state index contributed by atoms with van der Waals surface area (Å²) in [6.07, 6.45) is 5.32. The van der Waals surface area contributed by atoms with E-state index in [1.165, 1.54) is 0 Å². The summed E-state index contributed by atoms with van der Waals surface area (Å²) >= 11 is 1.56. The maximum Gasteiger partial charge on any atom is 0.127 e. The number of phenols is 1. The average molecular weight is 215 g/mol. The van der Waals surface area contributed by atoms with Gasteiger partial charge in [0.05, 0.1) is 0 Å². The Labute approximate surface area is 92.2 Å². The Morgan fingerprint density at radius 2 is 2.00 bits per heavy atom. The van der Waals surface area contributed by atoms with Crippen molar-refractivity contribution < 1.29 is 5.11 Å². The van der Waals surface area contributed by atoms with Gasteiger partial charge in [0.1, 0.15) is 16.5 Å². The molecule has 0 aliphatic carbocycles. The number of terminal acetylenes is 1. The van der Waals surface area contributed by atoms with Gasteiger partial charge in [-0.3, -0.25) is 0 Å². The number of aromatic hydroxyl groups is 1. The lowest BCUT2D eigenvalue weighted by molar-refractivity contribution is 0.475. The third-order valence-corrected chi connectivity index (χ3v) is 3.07. The second-order valence-electron chi connectivity index (χ2n) is 3.12. The molecule has 74 valence electrons. The summed E-state index contributed by atoms with van der Waals surface area (Å²) in [7, 11) is 0. The van der Waals surface area contributed by atoms with Crippen LogP contribution in [0.4, 0.5) is 0 Å². The van der Waals surface area contributed by atoms with Crippen molar-refractivity contribution in [3.8, 4) is 28.7 Å². The standard InChI is InChI=1S/C12H9NOS/c1-3-11-8(2)15-12(13-11)9-4-6-10(14)7-5-9/h1,4-7,14H,2H3. The van der Waals surface area contributed by atoms with E-state index in [1.807, 2.05) is 19.1 Å². The molecule has 2 aromatic rings. The highest BCUT2D eigenvalue weighted by Gasteiger charge is 2.07. The van der Waals surface area contributed by atoms with Crippen LogP contribution in [0.25, 0.3) is 10.6 Å². The smallest absolute Gasteiger partial charge is 0.127 e. The van der Waals surface area contributed by atoms with Crippen LogP contribution in [0.5, 0.6) is 5.75 Å². The molecule has 1 aromatic carbocycles. The first-order chi connectivity index (χ1) is 7.20. The van der Waals surface area contributed by atoms with Crippen LogP contribution in [-0.4, -0.2) is 10.1 Å². The molecule has 0 radical (unpaired) electrons. The molecule has 2 rings (SSSR count). The van der Waals surface area contributed by atoms with Crippen molar-refractivity contribution in [2.24, 2.45) is 0 Å². The number of nitrogens with zero attached hydrogens (tertiary/aromatic N) is 1. The van der Waals surface area contributed by atoms with Gasteiger partial charge in [0.15, 0.2) is 0 Å². The highest BCUT2D eigenvalue weighted by molar-refractivity contribution is 7.15. The Morgan fingerprint density at radius 3 is 2.53 bits per heavy atom. The first-order valence-corrected chi connectivity index (χ1v) is 5.26. The molecule has 0 saturated carbocycles. The topological polar surface area (TPSA) is 33.1 Å². The highest BCUT2D eigenvalue weighted by Crippen LogP contribution is 2.28. The van der Waals surface area contributed by atoms with E-state index < -0.39 is 0 Å². The van der Waals surface area contributed by atoms with E-state index in [0.717, 1.165) is 15.4 Å². The Bertz CT molecular complexity index is 520. The zero-order valence-electron chi connectivity index (χ0n) is 8.19. The van der Waals surface area contributed by atoms with E-state index >= 15 is 0 Å². The Balaban J connectivity index is 2.46. The maximum atomic E-state index is 9.16. The first kappa shape index (κ1) is 9.75. The summed E-state index contributed by atoms with van der Waals surface area (Å²) in [4.78, 5) is 5.37. The number of hydrogen-bond donors (Lipinski definition) is 1. The van der Waals surface area contributed by atoms with Gasteiger partial charge >= 0.3 is 0 Å². The molecule has 0 amide bonds. The molecule has 1 heterocycles. The van der Waals surface area contributed by atoms with Crippen molar-refractivity contribution >= 4 is 11.3 Å². The fourth-order valence-electron chi connectivity index (χ4n) is 1.26. The Kier molecular flexibility index (Phi) is 2.44. The Morgan fingerprint density at radius 1 is 1.33 bits per heavy atom. The van der Waals surface area contributed by atoms with Crippen molar-refractivity contribution in [2.75, 3.05) is 0 Å². The lowest BCUT2D eigenvalue weighted by atomic mass is 10.2. The van der Waals surface area contributed by atoms with Crippen molar-refractivity contribution in [1.82, 2.24) is 4.98 Å². The Hall–Kier alpha value is -1.79. The zero-order chi connectivity index (χ0) is 10.8. The van der Waals surface area contributed by atoms with E-state index in [1.54, 1.807) is 23.5 Å². The third kappa shape index (κ3) is 1.85. The minimum atomic E-state index is 0.254. The minimum absolute atomic E-state index is 0.254. The zero-order valence-corrected chi connectivity index (χ0v) is 9.01. The normalized spacial score (nSPS) is 9.87. The van der Waals surface area contributed by atoms with Gasteiger partial charge in [-0.05, 0) is 37.1 Å². The van der Waals surface area contributed by atoms with Crippen molar-refractivity contribution in [3.05, 3.63) is 34.8 Å². The van der Waals surface area contributed by atoms with Gasteiger partial charge in [0, 0.05) is 10.4 Å². The van der Waals surface area contributed by atoms with Gasteiger partial charge in [-0.1, -0.05) is 0 Å². The fourth-order valence-corrected chi connectivity index (χ4v) is 2.14. The van der Waals surface area contributed by atoms with Gasteiger partial charge in [-0.25, -0.2) is 4.98 Å². The molecule has 0 atom stereocenters. The number of aryl methyl sites for hydroxylation is 1. The molecule has 1 aromatic heterocycles. The molecular weight excluding hydrogens is 206 g/mol. The number of hydrogen-bond acceptors (Lipinski definition) is 3. The monoisotopic (exact) mass is 215 g/mol. The van der Waals surface area contributed by atoms with Crippen LogP contribution >= 0.6 is 11.3 Å². The largest absolute Gasteiger partial charge is 0.508 e. The van der Waals surface area contributed by atoms with Crippen LogP contribution in [0, 0.1) is 19.3 Å². The van der Waals surface area contributed by atoms with Gasteiger partial charge < -0.3 is 5.11 Å². The predicted molar refractivity (Wildman–Crippen MR) is 61.9 cm³/mol. The van der Waals surface area contributed by atoms with Gasteiger partial charge in [0.2, 0.25) is 0 Å². The molecule has 0 fully saturated rings. The molecule has 0 saturated heterocycles. The molecular formula is C12H9NOS. The number of aromatic nitrogens is 1. The summed E-state index contributed by atoms with van der Waals surface area (Å²) in [6, 6.07) is 6.94. The highest BCUT2D eigenvalue weighted by atomic mass is 32.1. The van der Waals surface area contributed by atoms with E-state index in [9.17, 15) is 0 Å². The van der Waals surface area contributed by atoms with E-state index in [0.29, 0.717) is 5.69 Å². The first-order valence-electron chi connectivity index (χ1n) is 4.44. The van der Waals surface area contributed by atoms with Crippen LogP contribution in [0.15, 0.2) is 24.3 Å². The lowest BCUT2D eigenvalue weighted by Crippen LogP contribution is -1.78. The summed E-state index contributed by atoms with van der Waals surface area (Å²) in [6.45, 7) is 1.96. The second-order valence-corrected chi connectivity index (χ2v) is 4.32. The fraction of sp³-hybridized carbons (Fsp3) is 0.0833. The van der Waals surface area contributed by atoms with Crippen molar-refractivity contribution in [2.45, 2.75) is 6.92 Å². The molecule has 15 heavy (non-hydrogen) atoms. The van der Waals surface area contributed by atoms with Crippen LogP contribution in [0.2, 0.25) is 0 Å². The quantitative estimate of drug-likeness (QED) is 0.742. The summed E-state index contributed by atoms with van der Waals surface area (Å²) < 4.78 is 0. The van der Waals surface area contributed by atoms with Crippen LogP contribution < -0.4 is 0 Å². The van der Waals surface area contributed by atoms with Crippen molar-refractivity contribution in [1.29, 1.82) is 0 Å². The molecule has 0 spiro atoms. The number of phenolic OH excluding ortho intramolecular Hbond substituents is 1. The molecule has 0 bridgehead atoms. The van der Waals surface area contributed by atoms with Crippen LogP contribution in [0.3, 0.4) is 0 Å². The van der Waals surface area contributed by atoms with E-state index in [4.69, 9.17) is 11.5 Å². The van der Waals surface area contributed by atoms with Gasteiger partial charge in [0.25, 0.3) is 0 Å². The summed E-state index contributed by atoms with van der Waals surface area (Å²) in [5.74, 6) is 2.80. The van der Waals surface area contributed by atoms with Gasteiger partial charge in [-0.2, -0.15) is 0 Å². The number of thiazole rings is 1. The molecule has 0 aliphatic rings. The van der Waals surface area contributed by atoms with E-state index in [2.05, 4.69) is 10.9 Å². The van der Waals surface area contributed by atoms with Gasteiger partial charge in [-0.15, -0.1) is 17.8 Å². The minimum Gasteiger partial charge on any atom is -0.508 e. The average Bonchev–Trinajstić information content (AvgIpc) is 2.61. The van der Waals surface area contributed by atoms with Crippen molar-refractivity contribution in [3.63, 3.8) is 0 Å². The van der Waals surface area contributed by atoms with E-state index in [-0.39, 0.29) is 5.75 Å². The second kappa shape index (κ2) is 3.76. The molecule has 2 nitrogen and oxygen atoms in total. The molecule has 1 N–H and O–H groups in total. The SMILES string of the molecule is C#Cc1nc(-c2ccc(O)cc2)sc1C. The maximum absolute atomic E-state index is 9.16. The summed E-state index contributed by atoms with van der Waals surface area (Å²) in [5.41, 5.74) is 1.67. The number of benzene rings is 1. The van der Waals surface area contributed by atoms with Crippen LogP contribution in [-0.2, 0) is 0 Å². The lowest BCUT2D eigenvalue weighted by Gasteiger charge is -1.95. The van der Waals surface area contributed by atoms with Crippen LogP contribution in [0.1, 0.15) is 10.6 Å². The third-order valence-electron chi connectivity index (χ3n) is 2.05. The predicted octanol–water partition coefficient (Wildman–Crippen LogP) is 2.81. The summed E-state index contributed by atoms with van der Waals surface area (Å²) in [5, 5.41) is 10.0. The molecule has 0 unspecified atom stereocenters. The number of rotatable bonds is 1. The molecule has 3 heteroatoms.